The van der Waals surface area contributed by atoms with Crippen molar-refractivity contribution in [3.05, 3.63) is 45.2 Å². The Hall–Kier alpha value is -2.34. The SMILES string of the molecule is Cc1cc(C)c(NC(=O)COC(=O)[C@H](C)c2c(C)n[nH]c2C)c(Cl)c1. The Labute approximate surface area is 151 Å². The van der Waals surface area contributed by atoms with Crippen molar-refractivity contribution in [3.63, 3.8) is 0 Å². The molecule has 0 aliphatic rings. The fourth-order valence-corrected chi connectivity index (χ4v) is 3.20. The summed E-state index contributed by atoms with van der Waals surface area (Å²) in [7, 11) is 0. The molecule has 0 radical (unpaired) electrons. The predicted molar refractivity (Wildman–Crippen MR) is 97.0 cm³/mol. The molecule has 1 heterocycles. The molecule has 0 bridgehead atoms. The standard InChI is InChI=1S/C18H22ClN3O3/c1-9-6-10(2)17(14(19)7-9)20-15(23)8-25-18(24)11(3)16-12(4)21-22-13(16)5/h6-7,11H,8H2,1-5H3,(H,20,23)(H,21,22)/t11-/m1/s1. The molecule has 2 aromatic rings. The van der Waals surface area contributed by atoms with Gasteiger partial charge in [-0.1, -0.05) is 17.7 Å². The lowest BCUT2D eigenvalue weighted by atomic mass is 9.99. The Morgan fingerprint density at radius 3 is 2.52 bits per heavy atom. The number of hydrogen-bond donors (Lipinski definition) is 2. The number of H-pyrrole nitrogens is 1. The molecule has 0 aliphatic heterocycles. The van der Waals surface area contributed by atoms with E-state index in [0.717, 1.165) is 28.1 Å². The van der Waals surface area contributed by atoms with Gasteiger partial charge in [0.25, 0.3) is 5.91 Å². The molecular weight excluding hydrogens is 342 g/mol. The minimum absolute atomic E-state index is 0.372. The molecule has 25 heavy (non-hydrogen) atoms. The van der Waals surface area contributed by atoms with Crippen LogP contribution in [0.5, 0.6) is 0 Å². The first-order chi connectivity index (χ1) is 11.7. The summed E-state index contributed by atoms with van der Waals surface area (Å²) in [5.74, 6) is -1.42. The summed E-state index contributed by atoms with van der Waals surface area (Å²) < 4.78 is 5.14. The molecule has 7 heteroatoms. The molecule has 0 saturated carbocycles. The number of amides is 1. The summed E-state index contributed by atoms with van der Waals surface area (Å²) in [6.45, 7) is 8.79. The van der Waals surface area contributed by atoms with Gasteiger partial charge in [0.15, 0.2) is 6.61 Å². The van der Waals surface area contributed by atoms with Crippen LogP contribution in [-0.4, -0.2) is 28.7 Å². The van der Waals surface area contributed by atoms with Gasteiger partial charge < -0.3 is 10.1 Å². The first-order valence-corrected chi connectivity index (χ1v) is 8.33. The second-order valence-corrected chi connectivity index (χ2v) is 6.57. The average Bonchev–Trinajstić information content (AvgIpc) is 2.86. The van der Waals surface area contributed by atoms with Crippen molar-refractivity contribution in [1.82, 2.24) is 10.2 Å². The number of hydrogen-bond acceptors (Lipinski definition) is 4. The number of esters is 1. The number of nitrogens with zero attached hydrogens (tertiary/aromatic N) is 1. The zero-order chi connectivity index (χ0) is 18.7. The van der Waals surface area contributed by atoms with Crippen LogP contribution >= 0.6 is 11.6 Å². The number of anilines is 1. The molecule has 1 aromatic heterocycles. The fraction of sp³-hybridized carbons (Fsp3) is 0.389. The molecule has 0 saturated heterocycles. The summed E-state index contributed by atoms with van der Waals surface area (Å²) in [5.41, 5.74) is 4.74. The van der Waals surface area contributed by atoms with Crippen molar-refractivity contribution in [2.75, 3.05) is 11.9 Å². The molecule has 0 spiro atoms. The third-order valence-corrected chi connectivity index (χ3v) is 4.31. The van der Waals surface area contributed by atoms with Gasteiger partial charge in [0.05, 0.1) is 22.3 Å². The molecule has 0 fully saturated rings. The smallest absolute Gasteiger partial charge is 0.313 e. The van der Waals surface area contributed by atoms with Crippen LogP contribution in [0.3, 0.4) is 0 Å². The highest BCUT2D eigenvalue weighted by Gasteiger charge is 2.23. The van der Waals surface area contributed by atoms with Crippen molar-refractivity contribution in [2.24, 2.45) is 0 Å². The van der Waals surface area contributed by atoms with Crippen molar-refractivity contribution in [1.29, 1.82) is 0 Å². The van der Waals surface area contributed by atoms with Gasteiger partial charge in [-0.3, -0.25) is 14.7 Å². The maximum atomic E-state index is 12.2. The zero-order valence-electron chi connectivity index (χ0n) is 15.0. The number of carbonyl (C=O) groups is 2. The first-order valence-electron chi connectivity index (χ1n) is 7.95. The molecule has 6 nitrogen and oxygen atoms in total. The Morgan fingerprint density at radius 2 is 1.96 bits per heavy atom. The van der Waals surface area contributed by atoms with E-state index in [1.165, 1.54) is 0 Å². The quantitative estimate of drug-likeness (QED) is 0.795. The maximum absolute atomic E-state index is 12.2. The third kappa shape index (κ3) is 4.39. The van der Waals surface area contributed by atoms with E-state index in [0.29, 0.717) is 10.7 Å². The number of benzene rings is 1. The number of halogens is 1. The lowest BCUT2D eigenvalue weighted by molar-refractivity contribution is -0.148. The van der Waals surface area contributed by atoms with Crippen molar-refractivity contribution in [2.45, 2.75) is 40.5 Å². The highest BCUT2D eigenvalue weighted by Crippen LogP contribution is 2.27. The molecule has 0 unspecified atom stereocenters. The van der Waals surface area contributed by atoms with Crippen LogP contribution in [0.1, 0.15) is 40.9 Å². The molecule has 1 aromatic carbocycles. The van der Waals surface area contributed by atoms with Crippen LogP contribution in [0.15, 0.2) is 12.1 Å². The van der Waals surface area contributed by atoms with Crippen LogP contribution in [0.2, 0.25) is 5.02 Å². The van der Waals surface area contributed by atoms with Crippen molar-refractivity contribution < 1.29 is 14.3 Å². The average molecular weight is 364 g/mol. The second kappa shape index (κ2) is 7.70. The van der Waals surface area contributed by atoms with E-state index >= 15 is 0 Å². The van der Waals surface area contributed by atoms with Gasteiger partial charge in [0.2, 0.25) is 0 Å². The largest absolute Gasteiger partial charge is 0.455 e. The topological polar surface area (TPSA) is 84.1 Å². The molecule has 0 aliphatic carbocycles. The Bertz CT molecular complexity index is 771. The van der Waals surface area contributed by atoms with Gasteiger partial charge in [-0.05, 0) is 51.8 Å². The summed E-state index contributed by atoms with van der Waals surface area (Å²) >= 11 is 6.16. The van der Waals surface area contributed by atoms with Crippen molar-refractivity contribution in [3.8, 4) is 0 Å². The van der Waals surface area contributed by atoms with E-state index < -0.39 is 17.8 Å². The molecule has 2 N–H and O–H groups in total. The highest BCUT2D eigenvalue weighted by atomic mass is 35.5. The van der Waals surface area contributed by atoms with E-state index in [1.54, 1.807) is 13.0 Å². The van der Waals surface area contributed by atoms with E-state index in [4.69, 9.17) is 16.3 Å². The lowest BCUT2D eigenvalue weighted by Gasteiger charge is -2.14. The Kier molecular flexibility index (Phi) is 5.85. The summed E-state index contributed by atoms with van der Waals surface area (Å²) in [6, 6.07) is 3.68. The minimum atomic E-state index is -0.503. The van der Waals surface area contributed by atoms with Crippen LogP contribution < -0.4 is 5.32 Å². The normalized spacial score (nSPS) is 11.9. The van der Waals surface area contributed by atoms with Crippen molar-refractivity contribution >= 4 is 29.2 Å². The summed E-state index contributed by atoms with van der Waals surface area (Å²) in [5, 5.41) is 10.1. The number of aryl methyl sites for hydroxylation is 4. The molecule has 134 valence electrons. The summed E-state index contributed by atoms with van der Waals surface area (Å²) in [6.07, 6.45) is 0. The van der Waals surface area contributed by atoms with Gasteiger partial charge >= 0.3 is 5.97 Å². The molecule has 1 atom stereocenters. The second-order valence-electron chi connectivity index (χ2n) is 6.16. The lowest BCUT2D eigenvalue weighted by Crippen LogP contribution is -2.24. The number of aromatic amines is 1. The number of rotatable bonds is 5. The van der Waals surface area contributed by atoms with Gasteiger partial charge in [0, 0.05) is 11.3 Å². The minimum Gasteiger partial charge on any atom is -0.455 e. The van der Waals surface area contributed by atoms with E-state index in [9.17, 15) is 9.59 Å². The van der Waals surface area contributed by atoms with Crippen LogP contribution in [-0.2, 0) is 14.3 Å². The van der Waals surface area contributed by atoms with Gasteiger partial charge in [0.1, 0.15) is 0 Å². The fourth-order valence-electron chi connectivity index (χ4n) is 2.83. The van der Waals surface area contributed by atoms with Crippen LogP contribution in [0, 0.1) is 27.7 Å². The monoisotopic (exact) mass is 363 g/mol. The Morgan fingerprint density at radius 1 is 1.28 bits per heavy atom. The van der Waals surface area contributed by atoms with E-state index in [1.807, 2.05) is 33.8 Å². The number of ether oxygens (including phenoxy) is 1. The maximum Gasteiger partial charge on any atom is 0.313 e. The van der Waals surface area contributed by atoms with Gasteiger partial charge in [-0.25, -0.2) is 0 Å². The highest BCUT2D eigenvalue weighted by molar-refractivity contribution is 6.34. The zero-order valence-corrected chi connectivity index (χ0v) is 15.7. The molecular formula is C18H22ClN3O3. The number of aromatic nitrogens is 2. The number of nitrogens with one attached hydrogen (secondary N) is 2. The first kappa shape index (κ1) is 19.0. The molecule has 2 rings (SSSR count). The molecule has 1 amide bonds. The van der Waals surface area contributed by atoms with Gasteiger partial charge in [-0.2, -0.15) is 5.10 Å². The van der Waals surface area contributed by atoms with Gasteiger partial charge in [-0.15, -0.1) is 0 Å². The van der Waals surface area contributed by atoms with Crippen LogP contribution in [0.25, 0.3) is 0 Å². The van der Waals surface area contributed by atoms with Crippen LogP contribution in [0.4, 0.5) is 5.69 Å². The Balaban J connectivity index is 1.97. The van der Waals surface area contributed by atoms with E-state index in [-0.39, 0.29) is 6.61 Å². The third-order valence-electron chi connectivity index (χ3n) is 4.01. The predicted octanol–water partition coefficient (Wildman–Crippen LogP) is 3.58. The van der Waals surface area contributed by atoms with E-state index in [2.05, 4.69) is 15.5 Å². The summed E-state index contributed by atoms with van der Waals surface area (Å²) in [4.78, 5) is 24.3. The number of carbonyl (C=O) groups excluding carboxylic acids is 2.